The van der Waals surface area contributed by atoms with Crippen molar-refractivity contribution in [1.82, 2.24) is 20.4 Å². The molecule has 0 unspecified atom stereocenters. The molecule has 1 aliphatic carbocycles. The molecule has 0 radical (unpaired) electrons. The number of nitrogens with one attached hydrogen (secondary N) is 2. The minimum Gasteiger partial charge on any atom is -0.364 e. The molecule has 0 spiro atoms. The molecule has 3 atom stereocenters. The Labute approximate surface area is 157 Å². The quantitative estimate of drug-likeness (QED) is 0.599. The maximum Gasteiger partial charge on any atom is 0.267 e. The predicted octanol–water partition coefficient (Wildman–Crippen LogP) is 0.248. The van der Waals surface area contributed by atoms with Crippen LogP contribution in [0, 0.1) is 23.2 Å². The molecule has 1 saturated heterocycles. The highest BCUT2D eigenvalue weighted by Crippen LogP contribution is 2.37. The van der Waals surface area contributed by atoms with E-state index in [1.807, 2.05) is 0 Å². The average molecular weight is 372 g/mol. The monoisotopic (exact) mass is 372 g/mol. The third kappa shape index (κ3) is 4.64. The van der Waals surface area contributed by atoms with Gasteiger partial charge in [-0.2, -0.15) is 10.4 Å². The zero-order valence-corrected chi connectivity index (χ0v) is 15.1. The largest absolute Gasteiger partial charge is 0.364 e. The zero-order chi connectivity index (χ0) is 19.4. The molecule has 9 nitrogen and oxygen atoms in total. The second kappa shape index (κ2) is 8.20. The number of nitrogens with zero attached hydrogens (tertiary/aromatic N) is 3. The van der Waals surface area contributed by atoms with E-state index in [1.165, 1.54) is 16.9 Å². The molecule has 1 aliphatic heterocycles. The molecule has 0 aromatic carbocycles. The van der Waals surface area contributed by atoms with Gasteiger partial charge in [-0.3, -0.25) is 14.4 Å². The van der Waals surface area contributed by atoms with Gasteiger partial charge in [-0.25, -0.2) is 4.68 Å². The van der Waals surface area contributed by atoms with Crippen LogP contribution >= 0.6 is 0 Å². The third-order valence-corrected chi connectivity index (χ3v) is 5.17. The predicted molar refractivity (Wildman–Crippen MR) is 95.0 cm³/mol. The van der Waals surface area contributed by atoms with Crippen molar-refractivity contribution in [2.24, 2.45) is 17.6 Å². The van der Waals surface area contributed by atoms with E-state index in [4.69, 9.17) is 5.73 Å². The summed E-state index contributed by atoms with van der Waals surface area (Å²) < 4.78 is 1.34. The molecule has 27 heavy (non-hydrogen) atoms. The van der Waals surface area contributed by atoms with Gasteiger partial charge >= 0.3 is 0 Å². The van der Waals surface area contributed by atoms with Crippen molar-refractivity contribution in [3.8, 4) is 6.07 Å². The van der Waals surface area contributed by atoms with E-state index in [0.29, 0.717) is 25.3 Å². The Morgan fingerprint density at radius 3 is 2.81 bits per heavy atom. The van der Waals surface area contributed by atoms with E-state index < -0.39 is 18.0 Å². The van der Waals surface area contributed by atoms with Crippen LogP contribution in [0.5, 0.6) is 0 Å². The molecule has 2 fully saturated rings. The molecule has 9 heteroatoms. The van der Waals surface area contributed by atoms with E-state index in [1.54, 1.807) is 0 Å². The van der Waals surface area contributed by atoms with Crippen LogP contribution in [0.2, 0.25) is 0 Å². The molecule has 2 heterocycles. The highest BCUT2D eigenvalue weighted by molar-refractivity contribution is 5.92. The normalized spacial score (nSPS) is 21.6. The highest BCUT2D eigenvalue weighted by atomic mass is 16.2. The van der Waals surface area contributed by atoms with Gasteiger partial charge in [0.1, 0.15) is 17.8 Å². The SMILES string of the molecule is N#C[C@H](C[C@@H]1CCCNC1=O)NC(=O)[C@H](CC1CC1)n1nccc1C(N)=O. The summed E-state index contributed by atoms with van der Waals surface area (Å²) >= 11 is 0. The number of piperidine rings is 1. The summed E-state index contributed by atoms with van der Waals surface area (Å²) in [5.74, 6) is -0.993. The van der Waals surface area contributed by atoms with E-state index >= 15 is 0 Å². The Morgan fingerprint density at radius 1 is 1.41 bits per heavy atom. The van der Waals surface area contributed by atoms with Crippen molar-refractivity contribution in [2.75, 3.05) is 6.54 Å². The lowest BCUT2D eigenvalue weighted by Crippen LogP contribution is -2.44. The van der Waals surface area contributed by atoms with E-state index in [2.05, 4.69) is 21.8 Å². The topological polar surface area (TPSA) is 143 Å². The summed E-state index contributed by atoms with van der Waals surface area (Å²) in [6.07, 6.45) is 5.86. The molecule has 2 aliphatic rings. The number of hydrogen-bond donors (Lipinski definition) is 3. The number of carbonyl (C=O) groups is 3. The molecular weight excluding hydrogens is 348 g/mol. The van der Waals surface area contributed by atoms with Gasteiger partial charge < -0.3 is 16.4 Å². The van der Waals surface area contributed by atoms with Gasteiger partial charge in [0.15, 0.2) is 0 Å². The number of aromatic nitrogens is 2. The zero-order valence-electron chi connectivity index (χ0n) is 15.1. The molecule has 0 bridgehead atoms. The highest BCUT2D eigenvalue weighted by Gasteiger charge is 2.34. The summed E-state index contributed by atoms with van der Waals surface area (Å²) in [6.45, 7) is 0.650. The van der Waals surface area contributed by atoms with Crippen molar-refractivity contribution in [3.05, 3.63) is 18.0 Å². The fourth-order valence-electron chi connectivity index (χ4n) is 3.50. The summed E-state index contributed by atoms with van der Waals surface area (Å²) in [4.78, 5) is 36.4. The van der Waals surface area contributed by atoms with E-state index in [9.17, 15) is 19.6 Å². The Hall–Kier alpha value is -2.89. The Kier molecular flexibility index (Phi) is 5.74. The van der Waals surface area contributed by atoms with Gasteiger partial charge in [0.25, 0.3) is 5.91 Å². The summed E-state index contributed by atoms with van der Waals surface area (Å²) in [5.41, 5.74) is 5.54. The van der Waals surface area contributed by atoms with Crippen LogP contribution in [-0.4, -0.2) is 40.1 Å². The van der Waals surface area contributed by atoms with Crippen molar-refractivity contribution < 1.29 is 14.4 Å². The smallest absolute Gasteiger partial charge is 0.267 e. The fraction of sp³-hybridized carbons (Fsp3) is 0.611. The third-order valence-electron chi connectivity index (χ3n) is 5.17. The number of hydrogen-bond acceptors (Lipinski definition) is 5. The van der Waals surface area contributed by atoms with E-state index in [-0.39, 0.29) is 29.8 Å². The Balaban J connectivity index is 1.71. The van der Waals surface area contributed by atoms with Gasteiger partial charge in [-0.15, -0.1) is 0 Å². The van der Waals surface area contributed by atoms with E-state index in [0.717, 1.165) is 19.3 Å². The summed E-state index contributed by atoms with van der Waals surface area (Å²) in [6, 6.07) is 2.07. The molecular formula is C18H24N6O3. The first-order valence-electron chi connectivity index (χ1n) is 9.30. The molecule has 1 aromatic heterocycles. The number of carbonyl (C=O) groups excluding carboxylic acids is 3. The first kappa shape index (κ1) is 18.9. The van der Waals surface area contributed by atoms with Crippen LogP contribution in [0.3, 0.4) is 0 Å². The van der Waals surface area contributed by atoms with Gasteiger partial charge in [0.05, 0.1) is 6.07 Å². The maximum absolute atomic E-state index is 12.9. The molecule has 4 N–H and O–H groups in total. The van der Waals surface area contributed by atoms with Gasteiger partial charge in [0, 0.05) is 18.7 Å². The van der Waals surface area contributed by atoms with Gasteiger partial charge in [-0.05, 0) is 37.7 Å². The molecule has 3 rings (SSSR count). The van der Waals surface area contributed by atoms with Crippen molar-refractivity contribution in [3.63, 3.8) is 0 Å². The second-order valence-electron chi connectivity index (χ2n) is 7.28. The van der Waals surface area contributed by atoms with Crippen LogP contribution < -0.4 is 16.4 Å². The number of primary amides is 1. The lowest BCUT2D eigenvalue weighted by molar-refractivity contribution is -0.128. The molecule has 1 saturated carbocycles. The van der Waals surface area contributed by atoms with Crippen LogP contribution in [0.4, 0.5) is 0 Å². The Morgan fingerprint density at radius 2 is 2.19 bits per heavy atom. The lowest BCUT2D eigenvalue weighted by Gasteiger charge is -2.25. The number of rotatable bonds is 8. The molecule has 3 amide bonds. The average Bonchev–Trinajstić information content (AvgIpc) is 3.33. The summed E-state index contributed by atoms with van der Waals surface area (Å²) in [7, 11) is 0. The van der Waals surface area contributed by atoms with Crippen molar-refractivity contribution >= 4 is 17.7 Å². The number of nitriles is 1. The maximum atomic E-state index is 12.9. The summed E-state index contributed by atoms with van der Waals surface area (Å²) in [5, 5.41) is 19.1. The van der Waals surface area contributed by atoms with Crippen molar-refractivity contribution in [2.45, 2.75) is 50.6 Å². The lowest BCUT2D eigenvalue weighted by atomic mass is 9.92. The minimum absolute atomic E-state index is 0.0756. The number of nitrogens with two attached hydrogens (primary N) is 1. The van der Waals surface area contributed by atoms with Crippen LogP contribution in [-0.2, 0) is 9.59 Å². The minimum atomic E-state index is -0.777. The fourth-order valence-corrected chi connectivity index (χ4v) is 3.50. The van der Waals surface area contributed by atoms with Crippen LogP contribution in [0.1, 0.15) is 55.1 Å². The van der Waals surface area contributed by atoms with Gasteiger partial charge in [0.2, 0.25) is 11.8 Å². The standard InChI is InChI=1S/C18H24N6O3/c19-10-13(9-12-2-1-6-21-17(12)26)23-18(27)15(8-11-3-4-11)24-14(16(20)25)5-7-22-24/h5,7,11-13,15H,1-4,6,8-9H2,(H2,20,25)(H,21,26)(H,23,27)/t12-,13-,15-/m0/s1. The second-order valence-corrected chi connectivity index (χ2v) is 7.28. The first-order chi connectivity index (χ1) is 13.0. The van der Waals surface area contributed by atoms with Gasteiger partial charge in [-0.1, -0.05) is 12.8 Å². The molecule has 1 aromatic rings. The Bertz CT molecular complexity index is 763. The number of amides is 3. The van der Waals surface area contributed by atoms with Crippen LogP contribution in [0.15, 0.2) is 12.3 Å². The molecule has 144 valence electrons. The van der Waals surface area contributed by atoms with Crippen molar-refractivity contribution in [1.29, 1.82) is 5.26 Å². The first-order valence-corrected chi connectivity index (χ1v) is 9.30. The van der Waals surface area contributed by atoms with Crippen LogP contribution in [0.25, 0.3) is 0 Å².